The molecule has 1 aromatic heterocycles. The molecule has 2 amide bonds. The summed E-state index contributed by atoms with van der Waals surface area (Å²) in [6.45, 7) is 1.73. The van der Waals surface area contributed by atoms with Gasteiger partial charge in [0, 0.05) is 30.1 Å². The summed E-state index contributed by atoms with van der Waals surface area (Å²) in [7, 11) is 1.69. The fourth-order valence-electron chi connectivity index (χ4n) is 2.46. The second-order valence-corrected chi connectivity index (χ2v) is 6.81. The predicted molar refractivity (Wildman–Crippen MR) is 103 cm³/mol. The van der Waals surface area contributed by atoms with Crippen LogP contribution in [-0.2, 0) is 5.75 Å². The van der Waals surface area contributed by atoms with E-state index in [9.17, 15) is 9.59 Å². The summed E-state index contributed by atoms with van der Waals surface area (Å²) in [5.74, 6) is 0.922. The number of rotatable bonds is 6. The van der Waals surface area contributed by atoms with Gasteiger partial charge in [-0.1, -0.05) is 17.3 Å². The third-order valence-corrected chi connectivity index (χ3v) is 4.96. The highest BCUT2D eigenvalue weighted by atomic mass is 32.2. The van der Waals surface area contributed by atoms with Gasteiger partial charge < -0.3 is 15.2 Å². The lowest BCUT2D eigenvalue weighted by Gasteiger charge is -2.19. The van der Waals surface area contributed by atoms with Crippen molar-refractivity contribution >= 4 is 29.3 Å². The molecule has 0 saturated carbocycles. The highest BCUT2D eigenvalue weighted by molar-refractivity contribution is 7.98. The van der Waals surface area contributed by atoms with Crippen molar-refractivity contribution in [1.82, 2.24) is 10.1 Å². The molecule has 2 N–H and O–H groups in total. The van der Waals surface area contributed by atoms with Crippen LogP contribution in [0, 0.1) is 6.92 Å². The van der Waals surface area contributed by atoms with Crippen molar-refractivity contribution in [1.29, 1.82) is 0 Å². The summed E-state index contributed by atoms with van der Waals surface area (Å²) in [5.41, 5.74) is 6.89. The van der Waals surface area contributed by atoms with Crippen molar-refractivity contribution in [2.45, 2.75) is 17.6 Å². The highest BCUT2D eigenvalue weighted by Crippen LogP contribution is 2.27. The molecule has 0 aliphatic carbocycles. The molecule has 0 unspecified atom stereocenters. The summed E-state index contributed by atoms with van der Waals surface area (Å²) in [6.07, 6.45) is 0. The number of thioether (sulfide) groups is 1. The van der Waals surface area contributed by atoms with Gasteiger partial charge in [-0.25, -0.2) is 0 Å². The minimum Gasteiger partial charge on any atom is -0.366 e. The van der Waals surface area contributed by atoms with Gasteiger partial charge in [-0.2, -0.15) is 4.98 Å². The summed E-state index contributed by atoms with van der Waals surface area (Å²) >= 11 is 1.47. The van der Waals surface area contributed by atoms with Gasteiger partial charge in [0.05, 0.1) is 11.3 Å². The number of carbonyl (C=O) groups excluding carboxylic acids is 2. The van der Waals surface area contributed by atoms with Crippen LogP contribution in [0.1, 0.15) is 32.4 Å². The SMILES string of the molecule is Cc1nc(CSc2ccccc2C(=O)N(C)c2ccc(C(N)=O)cc2)no1. The number of hydrogen-bond donors (Lipinski definition) is 1. The number of hydrogen-bond acceptors (Lipinski definition) is 6. The molecule has 2 aromatic carbocycles. The van der Waals surface area contributed by atoms with Crippen LogP contribution in [0.25, 0.3) is 0 Å². The van der Waals surface area contributed by atoms with Crippen LogP contribution in [0.15, 0.2) is 57.9 Å². The molecule has 0 aliphatic rings. The van der Waals surface area contributed by atoms with Crippen molar-refractivity contribution in [3.63, 3.8) is 0 Å². The third kappa shape index (κ3) is 4.35. The molecule has 3 rings (SSSR count). The van der Waals surface area contributed by atoms with Gasteiger partial charge in [0.1, 0.15) is 0 Å². The Hall–Kier alpha value is -3.13. The number of amides is 2. The fourth-order valence-corrected chi connectivity index (χ4v) is 3.35. The topological polar surface area (TPSA) is 102 Å². The Labute approximate surface area is 160 Å². The zero-order chi connectivity index (χ0) is 19.4. The molecule has 8 heteroatoms. The maximum Gasteiger partial charge on any atom is 0.259 e. The number of benzene rings is 2. The molecular formula is C19H18N4O3S. The number of nitrogens with two attached hydrogens (primary N) is 1. The van der Waals surface area contributed by atoms with E-state index in [1.165, 1.54) is 16.7 Å². The fraction of sp³-hybridized carbons (Fsp3) is 0.158. The second-order valence-electron chi connectivity index (χ2n) is 5.79. The van der Waals surface area contributed by atoms with E-state index in [0.29, 0.717) is 34.3 Å². The number of nitrogens with zero attached hydrogens (tertiary/aromatic N) is 3. The van der Waals surface area contributed by atoms with Gasteiger partial charge in [-0.3, -0.25) is 9.59 Å². The van der Waals surface area contributed by atoms with Gasteiger partial charge in [0.2, 0.25) is 11.8 Å². The molecule has 0 atom stereocenters. The summed E-state index contributed by atoms with van der Waals surface area (Å²) in [6, 6.07) is 13.9. The van der Waals surface area contributed by atoms with E-state index < -0.39 is 5.91 Å². The molecular weight excluding hydrogens is 364 g/mol. The van der Waals surface area contributed by atoms with E-state index >= 15 is 0 Å². The average molecular weight is 382 g/mol. The van der Waals surface area contributed by atoms with Crippen LogP contribution >= 0.6 is 11.8 Å². The van der Waals surface area contributed by atoms with Gasteiger partial charge in [0.25, 0.3) is 5.91 Å². The Bertz CT molecular complexity index is 969. The Morgan fingerprint density at radius 2 is 1.85 bits per heavy atom. The summed E-state index contributed by atoms with van der Waals surface area (Å²) in [4.78, 5) is 30.7. The molecule has 1 heterocycles. The van der Waals surface area contributed by atoms with Crippen molar-refractivity contribution in [3.05, 3.63) is 71.4 Å². The summed E-state index contributed by atoms with van der Waals surface area (Å²) in [5, 5.41) is 3.87. The molecule has 0 fully saturated rings. The Morgan fingerprint density at radius 1 is 1.15 bits per heavy atom. The molecule has 0 saturated heterocycles. The Morgan fingerprint density at radius 3 is 2.48 bits per heavy atom. The first-order valence-corrected chi connectivity index (χ1v) is 9.13. The second kappa shape index (κ2) is 8.05. The first-order valence-electron chi connectivity index (χ1n) is 8.14. The van der Waals surface area contributed by atoms with E-state index in [-0.39, 0.29) is 5.91 Å². The Balaban J connectivity index is 1.78. The van der Waals surface area contributed by atoms with Gasteiger partial charge >= 0.3 is 0 Å². The number of aryl methyl sites for hydroxylation is 1. The molecule has 138 valence electrons. The van der Waals surface area contributed by atoms with Crippen molar-refractivity contribution < 1.29 is 14.1 Å². The number of anilines is 1. The first-order chi connectivity index (χ1) is 13.0. The highest BCUT2D eigenvalue weighted by Gasteiger charge is 2.18. The van der Waals surface area contributed by atoms with Gasteiger partial charge in [-0.05, 0) is 36.4 Å². The molecule has 0 spiro atoms. The summed E-state index contributed by atoms with van der Waals surface area (Å²) < 4.78 is 4.97. The van der Waals surface area contributed by atoms with Crippen LogP contribution in [0.5, 0.6) is 0 Å². The van der Waals surface area contributed by atoms with Crippen LogP contribution in [0.3, 0.4) is 0 Å². The maximum absolute atomic E-state index is 13.0. The quantitative estimate of drug-likeness (QED) is 0.658. The lowest BCUT2D eigenvalue weighted by molar-refractivity contribution is 0.0987. The number of primary amides is 1. The van der Waals surface area contributed by atoms with Crippen molar-refractivity contribution in [3.8, 4) is 0 Å². The van der Waals surface area contributed by atoms with E-state index in [2.05, 4.69) is 10.1 Å². The normalized spacial score (nSPS) is 10.6. The van der Waals surface area contributed by atoms with Gasteiger partial charge in [-0.15, -0.1) is 11.8 Å². The average Bonchev–Trinajstić information content (AvgIpc) is 3.10. The molecule has 0 bridgehead atoms. The van der Waals surface area contributed by atoms with Crippen molar-refractivity contribution in [2.24, 2.45) is 5.73 Å². The Kier molecular flexibility index (Phi) is 5.56. The van der Waals surface area contributed by atoms with Gasteiger partial charge in [0.15, 0.2) is 5.82 Å². The lowest BCUT2D eigenvalue weighted by Crippen LogP contribution is -2.26. The number of aromatic nitrogens is 2. The molecule has 7 nitrogen and oxygen atoms in total. The smallest absolute Gasteiger partial charge is 0.259 e. The standard InChI is InChI=1S/C19H18N4O3S/c1-12-21-17(22-26-12)11-27-16-6-4-3-5-15(16)19(25)23(2)14-9-7-13(8-10-14)18(20)24/h3-10H,11H2,1-2H3,(H2,20,24). The zero-order valence-corrected chi connectivity index (χ0v) is 15.7. The monoisotopic (exact) mass is 382 g/mol. The van der Waals surface area contributed by atoms with E-state index in [1.807, 2.05) is 18.2 Å². The van der Waals surface area contributed by atoms with Crippen molar-refractivity contribution in [2.75, 3.05) is 11.9 Å². The van der Waals surface area contributed by atoms with Crippen LogP contribution in [0.4, 0.5) is 5.69 Å². The minimum atomic E-state index is -0.506. The zero-order valence-electron chi connectivity index (χ0n) is 14.9. The number of carbonyl (C=O) groups is 2. The third-order valence-electron chi connectivity index (χ3n) is 3.89. The minimum absolute atomic E-state index is 0.158. The maximum atomic E-state index is 13.0. The largest absolute Gasteiger partial charge is 0.366 e. The van der Waals surface area contributed by atoms with E-state index in [4.69, 9.17) is 10.3 Å². The predicted octanol–water partition coefficient (Wildman–Crippen LogP) is 3.05. The lowest BCUT2D eigenvalue weighted by atomic mass is 10.1. The molecule has 3 aromatic rings. The van der Waals surface area contributed by atoms with E-state index in [0.717, 1.165) is 4.90 Å². The first kappa shape index (κ1) is 18.7. The molecule has 0 aliphatic heterocycles. The van der Waals surface area contributed by atoms with Crippen LogP contribution < -0.4 is 10.6 Å². The van der Waals surface area contributed by atoms with E-state index in [1.54, 1.807) is 44.3 Å². The molecule has 27 heavy (non-hydrogen) atoms. The molecule has 0 radical (unpaired) electrons. The van der Waals surface area contributed by atoms with Crippen LogP contribution in [0.2, 0.25) is 0 Å². The van der Waals surface area contributed by atoms with Crippen LogP contribution in [-0.4, -0.2) is 29.0 Å².